The van der Waals surface area contributed by atoms with Crippen molar-refractivity contribution in [3.8, 4) is 5.75 Å². The standard InChI is InChI=1S/C16H19BrN4O3/c1-11-10-21(16(18)20-11)19-9-12-8-13(17)2-3-14(12)22-5-4-15-23-6-7-24-15/h2-3,8-10,15H,4-7H2,1H3,(H2,18,20). The SMILES string of the molecule is Cc1cn(N=Cc2cc(Br)ccc2OCCC2OCCO2)c(N)n1. The summed E-state index contributed by atoms with van der Waals surface area (Å²) in [7, 11) is 0. The van der Waals surface area contributed by atoms with Gasteiger partial charge in [-0.15, -0.1) is 0 Å². The second-order valence-corrected chi connectivity index (χ2v) is 6.24. The minimum atomic E-state index is -0.175. The van der Waals surface area contributed by atoms with Crippen molar-refractivity contribution in [3.63, 3.8) is 0 Å². The average Bonchev–Trinajstić information content (AvgIpc) is 3.16. The zero-order valence-corrected chi connectivity index (χ0v) is 14.9. The van der Waals surface area contributed by atoms with Crippen LogP contribution in [0, 0.1) is 6.92 Å². The topological polar surface area (TPSA) is 83.9 Å². The van der Waals surface area contributed by atoms with Gasteiger partial charge in [0.05, 0.1) is 37.9 Å². The number of nitrogens with two attached hydrogens (primary N) is 1. The van der Waals surface area contributed by atoms with Gasteiger partial charge in [0.2, 0.25) is 5.95 Å². The average molecular weight is 395 g/mol. The highest BCUT2D eigenvalue weighted by Crippen LogP contribution is 2.22. The Kier molecular flexibility index (Phi) is 5.49. The van der Waals surface area contributed by atoms with Crippen LogP contribution in [0.2, 0.25) is 0 Å². The molecule has 8 heteroatoms. The number of nitrogens with zero attached hydrogens (tertiary/aromatic N) is 3. The molecule has 7 nitrogen and oxygen atoms in total. The lowest BCUT2D eigenvalue weighted by atomic mass is 10.2. The summed E-state index contributed by atoms with van der Waals surface area (Å²) in [5.41, 5.74) is 7.44. The van der Waals surface area contributed by atoms with Crippen molar-refractivity contribution in [2.24, 2.45) is 5.10 Å². The first kappa shape index (κ1) is 16.9. The zero-order valence-electron chi connectivity index (χ0n) is 13.3. The van der Waals surface area contributed by atoms with Crippen LogP contribution in [0.4, 0.5) is 5.95 Å². The maximum atomic E-state index is 5.85. The molecule has 128 valence electrons. The van der Waals surface area contributed by atoms with Gasteiger partial charge in [-0.1, -0.05) is 15.9 Å². The molecule has 2 N–H and O–H groups in total. The summed E-state index contributed by atoms with van der Waals surface area (Å²) in [5.74, 6) is 1.08. The van der Waals surface area contributed by atoms with Crippen LogP contribution in [-0.4, -0.2) is 42.0 Å². The van der Waals surface area contributed by atoms with Crippen molar-refractivity contribution < 1.29 is 14.2 Å². The van der Waals surface area contributed by atoms with E-state index in [1.165, 1.54) is 4.68 Å². The third-order valence-corrected chi connectivity index (χ3v) is 3.92. The second kappa shape index (κ2) is 7.78. The van der Waals surface area contributed by atoms with Crippen molar-refractivity contribution in [3.05, 3.63) is 40.1 Å². The summed E-state index contributed by atoms with van der Waals surface area (Å²) in [6.45, 7) is 3.65. The van der Waals surface area contributed by atoms with Gasteiger partial charge in [-0.05, 0) is 25.1 Å². The number of benzene rings is 1. The summed E-state index contributed by atoms with van der Waals surface area (Å²) in [6, 6.07) is 5.75. The molecule has 0 radical (unpaired) electrons. The minimum Gasteiger partial charge on any atom is -0.493 e. The molecule has 1 aromatic heterocycles. The largest absolute Gasteiger partial charge is 0.493 e. The molecular formula is C16H19BrN4O3. The molecule has 0 amide bonds. The van der Waals surface area contributed by atoms with Gasteiger partial charge >= 0.3 is 0 Å². The molecule has 1 fully saturated rings. The second-order valence-electron chi connectivity index (χ2n) is 5.32. The van der Waals surface area contributed by atoms with Crippen LogP contribution in [-0.2, 0) is 9.47 Å². The molecule has 1 aromatic carbocycles. The van der Waals surface area contributed by atoms with E-state index < -0.39 is 0 Å². The lowest BCUT2D eigenvalue weighted by Gasteiger charge is -2.12. The molecule has 0 aliphatic carbocycles. The number of aryl methyl sites for hydroxylation is 1. The van der Waals surface area contributed by atoms with Gasteiger partial charge in [-0.2, -0.15) is 5.10 Å². The fourth-order valence-electron chi connectivity index (χ4n) is 2.31. The third-order valence-electron chi connectivity index (χ3n) is 3.43. The maximum absolute atomic E-state index is 5.85. The van der Waals surface area contributed by atoms with E-state index in [9.17, 15) is 0 Å². The number of anilines is 1. The molecule has 0 atom stereocenters. The van der Waals surface area contributed by atoms with Crippen LogP contribution in [0.5, 0.6) is 5.75 Å². The predicted molar refractivity (Wildman–Crippen MR) is 94.3 cm³/mol. The summed E-state index contributed by atoms with van der Waals surface area (Å²) >= 11 is 3.46. The van der Waals surface area contributed by atoms with Gasteiger partial charge in [0.25, 0.3) is 0 Å². The van der Waals surface area contributed by atoms with E-state index in [0.717, 1.165) is 21.5 Å². The summed E-state index contributed by atoms with van der Waals surface area (Å²) in [5, 5.41) is 4.34. The van der Waals surface area contributed by atoms with Crippen LogP contribution in [0.25, 0.3) is 0 Å². The Morgan fingerprint density at radius 3 is 2.96 bits per heavy atom. The molecule has 24 heavy (non-hydrogen) atoms. The minimum absolute atomic E-state index is 0.175. The molecule has 0 saturated carbocycles. The molecule has 2 aromatic rings. The fourth-order valence-corrected chi connectivity index (χ4v) is 2.69. The van der Waals surface area contributed by atoms with Crippen LogP contribution < -0.4 is 10.5 Å². The first-order valence-electron chi connectivity index (χ1n) is 7.63. The number of nitrogen functional groups attached to an aromatic ring is 1. The monoisotopic (exact) mass is 394 g/mol. The van der Waals surface area contributed by atoms with E-state index in [1.807, 2.05) is 25.1 Å². The summed E-state index contributed by atoms with van der Waals surface area (Å²) < 4.78 is 19.1. The van der Waals surface area contributed by atoms with Crippen molar-refractivity contribution in [1.82, 2.24) is 9.66 Å². The van der Waals surface area contributed by atoms with Crippen LogP contribution in [0.3, 0.4) is 0 Å². The van der Waals surface area contributed by atoms with E-state index in [4.69, 9.17) is 19.9 Å². The molecule has 1 aliphatic heterocycles. The number of hydrogen-bond donors (Lipinski definition) is 1. The fraction of sp³-hybridized carbons (Fsp3) is 0.375. The molecule has 0 bridgehead atoms. The Labute approximate surface area is 148 Å². The Bertz CT molecular complexity index is 726. The van der Waals surface area contributed by atoms with E-state index >= 15 is 0 Å². The van der Waals surface area contributed by atoms with Crippen molar-refractivity contribution >= 4 is 28.1 Å². The molecule has 0 unspecified atom stereocenters. The van der Waals surface area contributed by atoms with Gasteiger partial charge in [-0.3, -0.25) is 0 Å². The summed E-state index contributed by atoms with van der Waals surface area (Å²) in [4.78, 5) is 4.12. The van der Waals surface area contributed by atoms with Gasteiger partial charge < -0.3 is 19.9 Å². The van der Waals surface area contributed by atoms with Crippen LogP contribution >= 0.6 is 15.9 Å². The lowest BCUT2D eigenvalue weighted by Crippen LogP contribution is -2.13. The highest BCUT2D eigenvalue weighted by atomic mass is 79.9. The highest BCUT2D eigenvalue weighted by Gasteiger charge is 2.15. The number of ether oxygens (including phenoxy) is 3. The first-order chi connectivity index (χ1) is 11.6. The normalized spacial score (nSPS) is 15.4. The number of imidazole rings is 1. The van der Waals surface area contributed by atoms with Gasteiger partial charge in [-0.25, -0.2) is 9.66 Å². The third kappa shape index (κ3) is 4.34. The molecule has 0 spiro atoms. The molecule has 2 heterocycles. The van der Waals surface area contributed by atoms with Gasteiger partial charge in [0, 0.05) is 16.5 Å². The van der Waals surface area contributed by atoms with Crippen LogP contribution in [0.15, 0.2) is 34.0 Å². The molecule has 1 aliphatic rings. The van der Waals surface area contributed by atoms with Gasteiger partial charge in [0.1, 0.15) is 5.75 Å². The number of aromatic nitrogens is 2. The van der Waals surface area contributed by atoms with E-state index in [0.29, 0.717) is 32.2 Å². The number of rotatable bonds is 6. The highest BCUT2D eigenvalue weighted by molar-refractivity contribution is 9.10. The molecule has 1 saturated heterocycles. The Morgan fingerprint density at radius 2 is 2.25 bits per heavy atom. The summed E-state index contributed by atoms with van der Waals surface area (Å²) in [6.07, 6.45) is 3.96. The van der Waals surface area contributed by atoms with Gasteiger partial charge in [0.15, 0.2) is 6.29 Å². The van der Waals surface area contributed by atoms with Crippen molar-refractivity contribution in [2.75, 3.05) is 25.6 Å². The predicted octanol–water partition coefficient (Wildman–Crippen LogP) is 2.56. The zero-order chi connectivity index (χ0) is 16.9. The van der Waals surface area contributed by atoms with E-state index in [-0.39, 0.29) is 6.29 Å². The lowest BCUT2D eigenvalue weighted by molar-refractivity contribution is -0.0531. The molecule has 3 rings (SSSR count). The maximum Gasteiger partial charge on any atom is 0.221 e. The Hall–Kier alpha value is -1.90. The van der Waals surface area contributed by atoms with E-state index in [1.54, 1.807) is 12.4 Å². The van der Waals surface area contributed by atoms with Crippen molar-refractivity contribution in [1.29, 1.82) is 0 Å². The Balaban J connectivity index is 1.69. The molecular weight excluding hydrogens is 376 g/mol. The first-order valence-corrected chi connectivity index (χ1v) is 8.42. The number of hydrogen-bond acceptors (Lipinski definition) is 6. The van der Waals surface area contributed by atoms with E-state index in [2.05, 4.69) is 26.0 Å². The quantitative estimate of drug-likeness (QED) is 0.761. The van der Waals surface area contributed by atoms with Crippen molar-refractivity contribution in [2.45, 2.75) is 19.6 Å². The smallest absolute Gasteiger partial charge is 0.221 e. The Morgan fingerprint density at radius 1 is 1.46 bits per heavy atom. The number of halogens is 1. The van der Waals surface area contributed by atoms with Crippen LogP contribution in [0.1, 0.15) is 17.7 Å².